The number of hydrogen-bond acceptors (Lipinski definition) is 4. The summed E-state index contributed by atoms with van der Waals surface area (Å²) in [5, 5.41) is 1.69. The fraction of sp³-hybridized carbons (Fsp3) is 0.122. The Bertz CT molecular complexity index is 2390. The summed E-state index contributed by atoms with van der Waals surface area (Å²) in [5.41, 5.74) is 7.36. The smallest absolute Gasteiger partial charge is 0.192 e. The van der Waals surface area contributed by atoms with Gasteiger partial charge < -0.3 is 14.5 Å². The van der Waals surface area contributed by atoms with E-state index in [2.05, 4.69) is 70.3 Å². The summed E-state index contributed by atoms with van der Waals surface area (Å²) in [6.45, 7) is 15.0. The lowest BCUT2D eigenvalue weighted by Gasteiger charge is -2.23. The van der Waals surface area contributed by atoms with Crippen LogP contribution in [0.4, 0.5) is 32.8 Å². The van der Waals surface area contributed by atoms with Crippen LogP contribution in [0.5, 0.6) is 11.5 Å². The van der Waals surface area contributed by atoms with E-state index in [1.54, 1.807) is 18.2 Å². The second-order valence-electron chi connectivity index (χ2n) is 13.0. The van der Waals surface area contributed by atoms with Gasteiger partial charge >= 0.3 is 0 Å². The molecule has 0 spiro atoms. The van der Waals surface area contributed by atoms with Crippen LogP contribution in [0.2, 0.25) is 0 Å². The number of rotatable bonds is 5. The van der Waals surface area contributed by atoms with Gasteiger partial charge in [-0.3, -0.25) is 4.57 Å². The number of anilines is 4. The van der Waals surface area contributed by atoms with Gasteiger partial charge in [0.25, 0.3) is 0 Å². The average molecular weight is 630 g/mol. The molecule has 1 aliphatic heterocycles. The zero-order valence-corrected chi connectivity index (χ0v) is 26.9. The molecule has 1 aliphatic rings. The molecular weight excluding hydrogens is 597 g/mol. The highest BCUT2D eigenvalue weighted by atomic mass is 19.1. The van der Waals surface area contributed by atoms with Crippen molar-refractivity contribution in [1.82, 2.24) is 9.55 Å². The summed E-state index contributed by atoms with van der Waals surface area (Å²) >= 11 is 0. The molecule has 0 N–H and O–H groups in total. The molecule has 0 bridgehead atoms. The lowest BCUT2D eigenvalue weighted by Crippen LogP contribution is -2.23. The van der Waals surface area contributed by atoms with Gasteiger partial charge in [-0.1, -0.05) is 51.1 Å². The molecule has 0 fully saturated rings. The van der Waals surface area contributed by atoms with Gasteiger partial charge in [-0.15, -0.1) is 0 Å². The fourth-order valence-electron chi connectivity index (χ4n) is 6.54. The maximum absolute atomic E-state index is 14.5. The van der Waals surface area contributed by atoms with Crippen molar-refractivity contribution < 1.29 is 9.13 Å². The molecule has 3 heterocycles. The minimum atomic E-state index is -0.295. The highest BCUT2D eigenvalue weighted by Gasteiger charge is 2.28. The Balaban J connectivity index is 1.21. The van der Waals surface area contributed by atoms with E-state index in [0.29, 0.717) is 23.9 Å². The minimum Gasteiger partial charge on any atom is -0.459 e. The van der Waals surface area contributed by atoms with E-state index < -0.39 is 0 Å². The monoisotopic (exact) mass is 629 g/mol. The summed E-state index contributed by atoms with van der Waals surface area (Å²) in [5.74, 6) is 1.60. The molecule has 7 aromatic rings. The summed E-state index contributed by atoms with van der Waals surface area (Å²) in [6, 6.07) is 39.0. The molecule has 6 nitrogen and oxygen atoms in total. The number of benzene rings is 5. The molecular formula is C41H32FN5O. The molecule has 7 heteroatoms. The first kappa shape index (κ1) is 29.3. The van der Waals surface area contributed by atoms with Crippen LogP contribution in [0, 0.1) is 12.4 Å². The maximum atomic E-state index is 14.5. The lowest BCUT2D eigenvalue weighted by molar-refractivity contribution is 0.483. The molecule has 8 rings (SSSR count). The Labute approximate surface area is 278 Å². The Morgan fingerprint density at radius 3 is 2.21 bits per heavy atom. The Morgan fingerprint density at radius 2 is 1.46 bits per heavy atom. The van der Waals surface area contributed by atoms with Crippen LogP contribution >= 0.6 is 0 Å². The predicted molar refractivity (Wildman–Crippen MR) is 192 cm³/mol. The van der Waals surface area contributed by atoms with Crippen LogP contribution in [0.3, 0.4) is 0 Å². The molecule has 0 atom stereocenters. The average Bonchev–Trinajstić information content (AvgIpc) is 3.64. The molecule has 0 saturated heterocycles. The second-order valence-corrected chi connectivity index (χ2v) is 13.0. The molecule has 0 unspecified atom stereocenters. The molecule has 48 heavy (non-hydrogen) atoms. The third-order valence-corrected chi connectivity index (χ3v) is 8.91. The van der Waals surface area contributed by atoms with Gasteiger partial charge in [-0.25, -0.2) is 14.2 Å². The summed E-state index contributed by atoms with van der Waals surface area (Å²) < 4.78 is 23.1. The Hall–Kier alpha value is -6.13. The zero-order chi connectivity index (χ0) is 33.0. The van der Waals surface area contributed by atoms with Crippen LogP contribution in [-0.2, 0) is 5.41 Å². The first-order chi connectivity index (χ1) is 23.3. The Kier molecular flexibility index (Phi) is 6.89. The van der Waals surface area contributed by atoms with Crippen molar-refractivity contribution in [3.63, 3.8) is 0 Å². The van der Waals surface area contributed by atoms with Crippen LogP contribution in [0.1, 0.15) is 26.3 Å². The predicted octanol–water partition coefficient (Wildman–Crippen LogP) is 11.2. The third-order valence-electron chi connectivity index (χ3n) is 8.91. The van der Waals surface area contributed by atoms with E-state index in [1.807, 2.05) is 72.9 Å². The van der Waals surface area contributed by atoms with Crippen LogP contribution in [0.25, 0.3) is 32.5 Å². The van der Waals surface area contributed by atoms with E-state index in [4.69, 9.17) is 16.3 Å². The van der Waals surface area contributed by atoms with Crippen LogP contribution in [0.15, 0.2) is 128 Å². The SMILES string of the molecule is [C-]#[N+]c1cc(Oc2ccc3c4cc(F)ccc4n(-c4cc(C(C)(C)C)ccn4)c3c2)cc(N2CN(c3ccccc3)c3ccccc32)c1. The largest absolute Gasteiger partial charge is 0.459 e. The molecule has 2 aromatic heterocycles. The fourth-order valence-corrected chi connectivity index (χ4v) is 6.54. The number of ether oxygens (including phenoxy) is 1. The molecule has 0 amide bonds. The standard InChI is InChI=1S/C41H32FN5O/c1-41(2,3)27-18-19-44-40(20-27)47-36-17-14-28(42)21-35(36)34-16-15-32(25-39(34)47)48-33-23-29(43-4)22-31(24-33)46-26-45(30-10-6-5-7-11-30)37-12-8-9-13-38(37)46/h5-25H,26H2,1-3H3. The maximum Gasteiger partial charge on any atom is 0.192 e. The first-order valence-corrected chi connectivity index (χ1v) is 15.9. The summed E-state index contributed by atoms with van der Waals surface area (Å²) in [6.07, 6.45) is 1.82. The normalized spacial score (nSPS) is 12.8. The van der Waals surface area contributed by atoms with Gasteiger partial charge in [0, 0.05) is 40.5 Å². The Morgan fingerprint density at radius 1 is 0.708 bits per heavy atom. The second kappa shape index (κ2) is 11.3. The molecule has 0 aliphatic carbocycles. The number of aromatic nitrogens is 2. The van der Waals surface area contributed by atoms with Crippen LogP contribution < -0.4 is 14.5 Å². The van der Waals surface area contributed by atoms with Gasteiger partial charge in [-0.2, -0.15) is 0 Å². The van der Waals surface area contributed by atoms with E-state index >= 15 is 0 Å². The van der Waals surface area contributed by atoms with Crippen molar-refractivity contribution >= 4 is 50.2 Å². The highest BCUT2D eigenvalue weighted by molar-refractivity contribution is 6.09. The third kappa shape index (κ3) is 5.08. The molecule has 0 saturated carbocycles. The van der Waals surface area contributed by atoms with Gasteiger partial charge in [0.1, 0.15) is 29.8 Å². The number of para-hydroxylation sites is 3. The topological polar surface area (TPSA) is 37.9 Å². The van der Waals surface area contributed by atoms with Crippen molar-refractivity contribution in [3.05, 3.63) is 150 Å². The van der Waals surface area contributed by atoms with E-state index in [9.17, 15) is 4.39 Å². The van der Waals surface area contributed by atoms with Crippen molar-refractivity contribution in [2.75, 3.05) is 16.5 Å². The van der Waals surface area contributed by atoms with Crippen molar-refractivity contribution in [1.29, 1.82) is 0 Å². The summed E-state index contributed by atoms with van der Waals surface area (Å²) in [7, 11) is 0. The van der Waals surface area contributed by atoms with Gasteiger partial charge in [-0.05, 0) is 89.8 Å². The number of halogens is 1. The molecule has 234 valence electrons. The molecule has 5 aromatic carbocycles. The highest BCUT2D eigenvalue weighted by Crippen LogP contribution is 2.46. The van der Waals surface area contributed by atoms with Crippen molar-refractivity contribution in [2.45, 2.75) is 26.2 Å². The van der Waals surface area contributed by atoms with E-state index in [0.717, 1.165) is 55.9 Å². The van der Waals surface area contributed by atoms with Crippen molar-refractivity contribution in [2.24, 2.45) is 0 Å². The number of fused-ring (bicyclic) bond motifs is 4. The summed E-state index contributed by atoms with van der Waals surface area (Å²) in [4.78, 5) is 13.0. The van der Waals surface area contributed by atoms with Crippen LogP contribution in [-0.4, -0.2) is 16.2 Å². The van der Waals surface area contributed by atoms with Gasteiger partial charge in [0.05, 0.1) is 29.0 Å². The van der Waals surface area contributed by atoms with E-state index in [-0.39, 0.29) is 11.2 Å². The van der Waals surface area contributed by atoms with Crippen molar-refractivity contribution in [3.8, 4) is 17.3 Å². The van der Waals surface area contributed by atoms with Gasteiger partial charge in [0.15, 0.2) is 5.69 Å². The number of hydrogen-bond donors (Lipinski definition) is 0. The zero-order valence-electron chi connectivity index (χ0n) is 26.9. The molecule has 0 radical (unpaired) electrons. The minimum absolute atomic E-state index is 0.0730. The quantitative estimate of drug-likeness (QED) is 0.178. The first-order valence-electron chi connectivity index (χ1n) is 15.9. The number of pyridine rings is 1. The van der Waals surface area contributed by atoms with E-state index in [1.165, 1.54) is 6.07 Å². The lowest BCUT2D eigenvalue weighted by atomic mass is 9.88. The number of nitrogens with zero attached hydrogens (tertiary/aromatic N) is 5. The van der Waals surface area contributed by atoms with Gasteiger partial charge in [0.2, 0.25) is 0 Å².